The maximum Gasteiger partial charge on any atom is 0.269 e. The Balaban J connectivity index is 2.40. The smallest absolute Gasteiger partial charge is 0.269 e. The van der Waals surface area contributed by atoms with E-state index < -0.39 is 0 Å². The second kappa shape index (κ2) is 7.35. The van der Waals surface area contributed by atoms with Crippen LogP contribution in [0.1, 0.15) is 30.8 Å². The molecule has 1 aromatic rings. The summed E-state index contributed by atoms with van der Waals surface area (Å²) in [6, 6.07) is 3.54. The molecule has 2 amide bonds. The number of pyridine rings is 1. The highest BCUT2D eigenvalue weighted by atomic mass is 16.2. The number of nitrogens with zero attached hydrogens (tertiary/aromatic N) is 1. The van der Waals surface area contributed by atoms with Crippen molar-refractivity contribution in [2.45, 2.75) is 26.3 Å². The van der Waals surface area contributed by atoms with Crippen molar-refractivity contribution in [3.05, 3.63) is 24.0 Å². The van der Waals surface area contributed by atoms with Crippen LogP contribution in [0.3, 0.4) is 0 Å². The number of anilines is 1. The Hall–Kier alpha value is -2.11. The first-order chi connectivity index (χ1) is 9.02. The van der Waals surface area contributed by atoms with Gasteiger partial charge in [-0.3, -0.25) is 14.6 Å². The summed E-state index contributed by atoms with van der Waals surface area (Å²) in [5.74, 6) is -0.360. The third-order valence-corrected chi connectivity index (χ3v) is 2.37. The number of carbonyl (C=O) groups is 2. The minimum atomic E-state index is -0.283. The van der Waals surface area contributed by atoms with Gasteiger partial charge < -0.3 is 16.0 Å². The van der Waals surface area contributed by atoms with Crippen LogP contribution in [0.5, 0.6) is 0 Å². The summed E-state index contributed by atoms with van der Waals surface area (Å²) < 4.78 is 0. The first-order valence-electron chi connectivity index (χ1n) is 6.24. The topological polar surface area (TPSA) is 83.1 Å². The van der Waals surface area contributed by atoms with Gasteiger partial charge in [0.2, 0.25) is 5.91 Å². The molecule has 0 bridgehead atoms. The highest BCUT2D eigenvalue weighted by Crippen LogP contribution is 2.06. The van der Waals surface area contributed by atoms with Gasteiger partial charge >= 0.3 is 0 Å². The van der Waals surface area contributed by atoms with Crippen LogP contribution in [0.15, 0.2) is 18.3 Å². The zero-order valence-electron chi connectivity index (χ0n) is 11.5. The fourth-order valence-corrected chi connectivity index (χ4v) is 1.48. The van der Waals surface area contributed by atoms with E-state index in [1.807, 2.05) is 13.8 Å². The van der Waals surface area contributed by atoms with Crippen molar-refractivity contribution in [3.8, 4) is 0 Å². The number of amides is 2. The van der Waals surface area contributed by atoms with Crippen molar-refractivity contribution < 1.29 is 9.59 Å². The number of carbonyl (C=O) groups excluding carboxylic acids is 2. The molecule has 0 saturated carbocycles. The van der Waals surface area contributed by atoms with E-state index in [2.05, 4.69) is 20.9 Å². The van der Waals surface area contributed by atoms with E-state index in [4.69, 9.17) is 0 Å². The molecule has 1 heterocycles. The van der Waals surface area contributed by atoms with Crippen molar-refractivity contribution in [2.75, 3.05) is 18.9 Å². The summed E-state index contributed by atoms with van der Waals surface area (Å²) in [4.78, 5) is 27.1. The maximum absolute atomic E-state index is 11.8. The van der Waals surface area contributed by atoms with Gasteiger partial charge in [-0.2, -0.15) is 0 Å². The predicted octanol–water partition coefficient (Wildman–Crippen LogP) is 0.768. The van der Waals surface area contributed by atoms with Crippen molar-refractivity contribution >= 4 is 17.5 Å². The molecule has 1 rings (SSSR count). The van der Waals surface area contributed by atoms with Crippen LogP contribution in [0.25, 0.3) is 0 Å². The lowest BCUT2D eigenvalue weighted by atomic mass is 10.3. The van der Waals surface area contributed by atoms with Crippen LogP contribution in [0.4, 0.5) is 5.69 Å². The molecule has 1 aromatic heterocycles. The number of hydrogen-bond donors (Lipinski definition) is 3. The Morgan fingerprint density at radius 1 is 1.37 bits per heavy atom. The van der Waals surface area contributed by atoms with Crippen LogP contribution in [0, 0.1) is 0 Å². The molecule has 104 valence electrons. The van der Waals surface area contributed by atoms with E-state index >= 15 is 0 Å². The minimum absolute atomic E-state index is 0.0766. The van der Waals surface area contributed by atoms with Crippen molar-refractivity contribution in [2.24, 2.45) is 0 Å². The van der Waals surface area contributed by atoms with E-state index in [0.29, 0.717) is 12.2 Å². The Morgan fingerprint density at radius 3 is 2.74 bits per heavy atom. The first kappa shape index (κ1) is 14.9. The van der Waals surface area contributed by atoms with Crippen molar-refractivity contribution in [1.29, 1.82) is 0 Å². The van der Waals surface area contributed by atoms with E-state index in [-0.39, 0.29) is 24.3 Å². The molecule has 0 radical (unpaired) electrons. The summed E-state index contributed by atoms with van der Waals surface area (Å²) >= 11 is 0. The largest absolute Gasteiger partial charge is 0.388 e. The first-order valence-corrected chi connectivity index (χ1v) is 6.24. The SMILES string of the molecule is CNc1ccnc(C(=O)NCCC(=O)NC(C)C)c1. The van der Waals surface area contributed by atoms with Gasteiger partial charge in [0, 0.05) is 37.9 Å². The monoisotopic (exact) mass is 264 g/mol. The molecule has 0 aliphatic heterocycles. The third kappa shape index (κ3) is 5.37. The molecule has 6 nitrogen and oxygen atoms in total. The molecule has 0 aliphatic rings. The molecule has 0 saturated heterocycles. The number of rotatable bonds is 6. The van der Waals surface area contributed by atoms with Gasteiger partial charge in [-0.05, 0) is 26.0 Å². The number of hydrogen-bond acceptors (Lipinski definition) is 4. The minimum Gasteiger partial charge on any atom is -0.388 e. The molecule has 0 aliphatic carbocycles. The number of nitrogens with one attached hydrogen (secondary N) is 3. The van der Waals surface area contributed by atoms with Gasteiger partial charge in [-0.1, -0.05) is 0 Å². The Bertz CT molecular complexity index is 446. The molecule has 3 N–H and O–H groups in total. The zero-order chi connectivity index (χ0) is 14.3. The molecule has 0 spiro atoms. The second-order valence-electron chi connectivity index (χ2n) is 4.41. The lowest BCUT2D eigenvalue weighted by molar-refractivity contribution is -0.121. The van der Waals surface area contributed by atoms with Gasteiger partial charge in [0.25, 0.3) is 5.91 Å². The lowest BCUT2D eigenvalue weighted by Crippen LogP contribution is -2.34. The summed E-state index contributed by atoms with van der Waals surface area (Å²) in [5, 5.41) is 8.36. The fraction of sp³-hybridized carbons (Fsp3) is 0.462. The fourth-order valence-electron chi connectivity index (χ4n) is 1.48. The van der Waals surface area contributed by atoms with E-state index in [0.717, 1.165) is 5.69 Å². The highest BCUT2D eigenvalue weighted by Gasteiger charge is 2.08. The Kier molecular flexibility index (Phi) is 5.78. The van der Waals surface area contributed by atoms with Crippen LogP contribution in [0.2, 0.25) is 0 Å². The van der Waals surface area contributed by atoms with E-state index in [1.54, 1.807) is 25.4 Å². The molecule has 6 heteroatoms. The van der Waals surface area contributed by atoms with Crippen LogP contribution < -0.4 is 16.0 Å². The maximum atomic E-state index is 11.8. The van der Waals surface area contributed by atoms with E-state index in [1.165, 1.54) is 0 Å². The Morgan fingerprint density at radius 2 is 2.11 bits per heavy atom. The average molecular weight is 264 g/mol. The average Bonchev–Trinajstić information content (AvgIpc) is 2.37. The Labute approximate surface area is 113 Å². The third-order valence-electron chi connectivity index (χ3n) is 2.37. The van der Waals surface area contributed by atoms with Gasteiger partial charge in [-0.15, -0.1) is 0 Å². The van der Waals surface area contributed by atoms with Crippen molar-refractivity contribution in [1.82, 2.24) is 15.6 Å². The molecule has 0 fully saturated rings. The van der Waals surface area contributed by atoms with Gasteiger partial charge in [-0.25, -0.2) is 0 Å². The van der Waals surface area contributed by atoms with Crippen LogP contribution in [-0.2, 0) is 4.79 Å². The summed E-state index contributed by atoms with van der Waals surface area (Å²) in [6.45, 7) is 4.08. The number of aromatic nitrogens is 1. The normalized spacial score (nSPS) is 10.1. The molecular formula is C13H20N4O2. The lowest BCUT2D eigenvalue weighted by Gasteiger charge is -2.09. The highest BCUT2D eigenvalue weighted by molar-refractivity contribution is 5.93. The molecular weight excluding hydrogens is 244 g/mol. The van der Waals surface area contributed by atoms with Crippen LogP contribution >= 0.6 is 0 Å². The van der Waals surface area contributed by atoms with Gasteiger partial charge in [0.05, 0.1) is 0 Å². The summed E-state index contributed by atoms with van der Waals surface area (Å²) in [6.07, 6.45) is 1.82. The summed E-state index contributed by atoms with van der Waals surface area (Å²) in [7, 11) is 1.77. The zero-order valence-corrected chi connectivity index (χ0v) is 11.5. The quantitative estimate of drug-likeness (QED) is 0.708. The van der Waals surface area contributed by atoms with Crippen molar-refractivity contribution in [3.63, 3.8) is 0 Å². The summed E-state index contributed by atoms with van der Waals surface area (Å²) in [5.41, 5.74) is 1.15. The molecule has 0 atom stereocenters. The molecule has 0 unspecified atom stereocenters. The second-order valence-corrected chi connectivity index (χ2v) is 4.41. The molecule has 0 aromatic carbocycles. The van der Waals surface area contributed by atoms with Gasteiger partial charge in [0.15, 0.2) is 0 Å². The van der Waals surface area contributed by atoms with Gasteiger partial charge in [0.1, 0.15) is 5.69 Å². The van der Waals surface area contributed by atoms with Crippen LogP contribution in [-0.4, -0.2) is 36.4 Å². The standard InChI is InChI=1S/C13H20N4O2/c1-9(2)17-12(18)5-7-16-13(19)11-8-10(14-3)4-6-15-11/h4,6,8-9H,5,7H2,1-3H3,(H,14,15)(H,16,19)(H,17,18). The van der Waals surface area contributed by atoms with E-state index in [9.17, 15) is 9.59 Å². The predicted molar refractivity (Wildman–Crippen MR) is 74.0 cm³/mol. The molecule has 19 heavy (non-hydrogen) atoms.